The van der Waals surface area contributed by atoms with E-state index < -0.39 is 0 Å². The van der Waals surface area contributed by atoms with Gasteiger partial charge in [0.15, 0.2) is 0 Å². The fraction of sp³-hybridized carbons (Fsp3) is 0.571. The maximum absolute atomic E-state index is 9.32. The van der Waals surface area contributed by atoms with Gasteiger partial charge in [0.1, 0.15) is 0 Å². The molecule has 0 aromatic heterocycles. The molecule has 0 bridgehead atoms. The third-order valence-electron chi connectivity index (χ3n) is 2.92. The zero-order valence-corrected chi connectivity index (χ0v) is 12.0. The molecule has 0 saturated heterocycles. The van der Waals surface area contributed by atoms with Gasteiger partial charge in [0.05, 0.1) is 0 Å². The van der Waals surface area contributed by atoms with E-state index in [-0.39, 0.29) is 18.6 Å². The highest BCUT2D eigenvalue weighted by Crippen LogP contribution is 2.28. The van der Waals surface area contributed by atoms with Crippen LogP contribution in [0.15, 0.2) is 29.2 Å². The first-order chi connectivity index (χ1) is 8.10. The van der Waals surface area contributed by atoms with Crippen LogP contribution in [-0.4, -0.2) is 36.5 Å². The van der Waals surface area contributed by atoms with Gasteiger partial charge in [-0.15, -0.1) is 11.8 Å². The summed E-state index contributed by atoms with van der Waals surface area (Å²) in [4.78, 5) is 3.48. The number of hydrogen-bond donors (Lipinski definition) is 1. The standard InChI is InChI=1S/C14H23NOS/c1-5-17-13-8-6-12(7-9-13)14(15(3)4)11(2)10-16/h6-9,11,14,16H,5,10H2,1-4H3. The average molecular weight is 253 g/mol. The van der Waals surface area contributed by atoms with Crippen LogP contribution in [0.4, 0.5) is 0 Å². The van der Waals surface area contributed by atoms with Crippen LogP contribution in [0.1, 0.15) is 25.5 Å². The van der Waals surface area contributed by atoms with E-state index in [2.05, 4.69) is 57.1 Å². The monoisotopic (exact) mass is 253 g/mol. The van der Waals surface area contributed by atoms with Crippen molar-refractivity contribution >= 4 is 11.8 Å². The third kappa shape index (κ3) is 4.02. The zero-order chi connectivity index (χ0) is 12.8. The van der Waals surface area contributed by atoms with Gasteiger partial charge in [0.2, 0.25) is 0 Å². The van der Waals surface area contributed by atoms with Gasteiger partial charge in [-0.2, -0.15) is 0 Å². The summed E-state index contributed by atoms with van der Waals surface area (Å²) in [7, 11) is 4.12. The first kappa shape index (κ1) is 14.6. The minimum absolute atomic E-state index is 0.217. The maximum Gasteiger partial charge on any atom is 0.0474 e. The van der Waals surface area contributed by atoms with Crippen LogP contribution in [0.3, 0.4) is 0 Å². The Morgan fingerprint density at radius 1 is 1.24 bits per heavy atom. The minimum Gasteiger partial charge on any atom is -0.396 e. The summed E-state index contributed by atoms with van der Waals surface area (Å²) in [5.41, 5.74) is 1.28. The molecular weight excluding hydrogens is 230 g/mol. The number of thioether (sulfide) groups is 1. The molecule has 2 atom stereocenters. The highest BCUT2D eigenvalue weighted by atomic mass is 32.2. The third-order valence-corrected chi connectivity index (χ3v) is 3.81. The smallest absolute Gasteiger partial charge is 0.0474 e. The minimum atomic E-state index is 0.217. The van der Waals surface area contributed by atoms with Crippen molar-refractivity contribution in [3.63, 3.8) is 0 Å². The van der Waals surface area contributed by atoms with Crippen LogP contribution in [0.5, 0.6) is 0 Å². The van der Waals surface area contributed by atoms with Gasteiger partial charge in [-0.25, -0.2) is 0 Å². The van der Waals surface area contributed by atoms with Gasteiger partial charge in [0, 0.05) is 17.5 Å². The SMILES string of the molecule is CCSc1ccc(C(C(C)CO)N(C)C)cc1. The molecule has 0 amide bonds. The highest BCUT2D eigenvalue weighted by Gasteiger charge is 2.20. The molecule has 0 heterocycles. The van der Waals surface area contributed by atoms with E-state index in [0.717, 1.165) is 5.75 Å². The molecule has 17 heavy (non-hydrogen) atoms. The van der Waals surface area contributed by atoms with Crippen molar-refractivity contribution in [2.45, 2.75) is 24.8 Å². The van der Waals surface area contributed by atoms with Gasteiger partial charge in [-0.3, -0.25) is 0 Å². The molecule has 0 saturated carbocycles. The Balaban J connectivity index is 2.87. The zero-order valence-electron chi connectivity index (χ0n) is 11.2. The second-order valence-electron chi connectivity index (χ2n) is 4.57. The first-order valence-corrected chi connectivity index (χ1v) is 7.08. The molecule has 0 spiro atoms. The highest BCUT2D eigenvalue weighted by molar-refractivity contribution is 7.99. The van der Waals surface area contributed by atoms with Crippen molar-refractivity contribution < 1.29 is 5.11 Å². The molecule has 1 rings (SSSR count). The van der Waals surface area contributed by atoms with E-state index in [1.54, 1.807) is 0 Å². The number of benzene rings is 1. The van der Waals surface area contributed by atoms with Crippen molar-refractivity contribution in [1.29, 1.82) is 0 Å². The molecular formula is C14H23NOS. The van der Waals surface area contributed by atoms with E-state index in [0.29, 0.717) is 0 Å². The van der Waals surface area contributed by atoms with Gasteiger partial charge < -0.3 is 10.0 Å². The predicted octanol–water partition coefficient (Wildman–Crippen LogP) is 3.03. The molecule has 0 aliphatic heterocycles. The lowest BCUT2D eigenvalue weighted by atomic mass is 9.94. The largest absolute Gasteiger partial charge is 0.396 e. The molecule has 1 aromatic rings. The Kier molecular flexibility index (Phi) is 6.03. The Hall–Kier alpha value is -0.510. The first-order valence-electron chi connectivity index (χ1n) is 6.10. The second kappa shape index (κ2) is 7.04. The second-order valence-corrected chi connectivity index (χ2v) is 5.91. The van der Waals surface area contributed by atoms with E-state index >= 15 is 0 Å². The summed E-state index contributed by atoms with van der Waals surface area (Å²) in [6, 6.07) is 8.97. The summed E-state index contributed by atoms with van der Waals surface area (Å²) >= 11 is 1.86. The van der Waals surface area contributed by atoms with Crippen molar-refractivity contribution in [3.05, 3.63) is 29.8 Å². The average Bonchev–Trinajstić information content (AvgIpc) is 2.31. The number of aliphatic hydroxyl groups excluding tert-OH is 1. The van der Waals surface area contributed by atoms with Gasteiger partial charge in [-0.05, 0) is 43.5 Å². The molecule has 0 radical (unpaired) electrons. The molecule has 0 fully saturated rings. The Morgan fingerprint density at radius 2 is 1.82 bits per heavy atom. The van der Waals surface area contributed by atoms with Crippen molar-refractivity contribution in [3.8, 4) is 0 Å². The number of nitrogens with zero attached hydrogens (tertiary/aromatic N) is 1. The van der Waals surface area contributed by atoms with Crippen molar-refractivity contribution in [2.75, 3.05) is 26.5 Å². The Morgan fingerprint density at radius 3 is 2.24 bits per heavy atom. The van der Waals surface area contributed by atoms with Gasteiger partial charge in [-0.1, -0.05) is 26.0 Å². The summed E-state index contributed by atoms with van der Waals surface area (Å²) in [6.45, 7) is 4.46. The number of rotatable bonds is 6. The van der Waals surface area contributed by atoms with Crippen LogP contribution in [0, 0.1) is 5.92 Å². The van der Waals surface area contributed by atoms with E-state index in [1.807, 2.05) is 11.8 Å². The summed E-state index contributed by atoms with van der Waals surface area (Å²) in [5.74, 6) is 1.35. The Bertz CT molecular complexity index is 323. The van der Waals surface area contributed by atoms with E-state index in [1.165, 1.54) is 10.5 Å². The van der Waals surface area contributed by atoms with Crippen LogP contribution < -0.4 is 0 Å². The fourth-order valence-corrected chi connectivity index (χ4v) is 2.83. The molecule has 3 heteroatoms. The normalized spacial score (nSPS) is 14.9. The van der Waals surface area contributed by atoms with Gasteiger partial charge >= 0.3 is 0 Å². The van der Waals surface area contributed by atoms with Crippen LogP contribution >= 0.6 is 11.8 Å². The molecule has 0 aliphatic rings. The molecule has 2 unspecified atom stereocenters. The summed E-state index contributed by atoms with van der Waals surface area (Å²) in [6.07, 6.45) is 0. The Labute approximate surface area is 109 Å². The lowest BCUT2D eigenvalue weighted by Gasteiger charge is -2.29. The lowest BCUT2D eigenvalue weighted by Crippen LogP contribution is -2.27. The fourth-order valence-electron chi connectivity index (χ4n) is 2.16. The van der Waals surface area contributed by atoms with Crippen molar-refractivity contribution in [1.82, 2.24) is 4.90 Å². The van der Waals surface area contributed by atoms with E-state index in [9.17, 15) is 5.11 Å². The van der Waals surface area contributed by atoms with Crippen molar-refractivity contribution in [2.24, 2.45) is 5.92 Å². The quantitative estimate of drug-likeness (QED) is 0.788. The molecule has 0 aliphatic carbocycles. The van der Waals surface area contributed by atoms with Gasteiger partial charge in [0.25, 0.3) is 0 Å². The van der Waals surface area contributed by atoms with E-state index in [4.69, 9.17) is 0 Å². The van der Waals surface area contributed by atoms with Crippen LogP contribution in [0.2, 0.25) is 0 Å². The molecule has 1 aromatic carbocycles. The molecule has 1 N–H and O–H groups in total. The number of aliphatic hydroxyl groups is 1. The number of hydrogen-bond acceptors (Lipinski definition) is 3. The lowest BCUT2D eigenvalue weighted by molar-refractivity contribution is 0.145. The maximum atomic E-state index is 9.32. The predicted molar refractivity (Wildman–Crippen MR) is 75.5 cm³/mol. The summed E-state index contributed by atoms with van der Waals surface area (Å²) in [5, 5.41) is 9.32. The molecule has 2 nitrogen and oxygen atoms in total. The van der Waals surface area contributed by atoms with Crippen LogP contribution in [0.25, 0.3) is 0 Å². The molecule has 96 valence electrons. The topological polar surface area (TPSA) is 23.5 Å². The summed E-state index contributed by atoms with van der Waals surface area (Å²) < 4.78 is 0. The van der Waals surface area contributed by atoms with Crippen LogP contribution in [-0.2, 0) is 0 Å².